The lowest BCUT2D eigenvalue weighted by Crippen LogP contribution is -2.55. The minimum atomic E-state index is -0.580. The second kappa shape index (κ2) is 11.0. The average Bonchev–Trinajstić information content (AvgIpc) is 3.59. The van der Waals surface area contributed by atoms with Crippen LogP contribution >= 0.6 is 0 Å². The van der Waals surface area contributed by atoms with Gasteiger partial charge in [0.1, 0.15) is 12.5 Å². The smallest absolute Gasteiger partial charge is 0.143 e. The maximum Gasteiger partial charge on any atom is 0.143 e. The monoisotopic (exact) mass is 568 g/mol. The summed E-state index contributed by atoms with van der Waals surface area (Å²) in [5.74, 6) is 0. The van der Waals surface area contributed by atoms with E-state index in [1.165, 1.54) is 22.3 Å². The molecule has 0 radical (unpaired) electrons. The number of benzene rings is 4. The van der Waals surface area contributed by atoms with Gasteiger partial charge in [0.05, 0.1) is 10.8 Å². The number of fused-ring (bicyclic) bond motifs is 7. The molecule has 0 amide bonds. The Morgan fingerprint density at radius 3 is 1.40 bits per heavy atom. The van der Waals surface area contributed by atoms with Crippen molar-refractivity contribution in [3.63, 3.8) is 0 Å². The third-order valence-corrected chi connectivity index (χ3v) is 9.58. The van der Waals surface area contributed by atoms with E-state index in [0.717, 1.165) is 11.4 Å². The number of hydrogen-bond acceptors (Lipinski definition) is 5. The van der Waals surface area contributed by atoms with Crippen LogP contribution in [0.4, 0.5) is 11.4 Å². The molecule has 4 aromatic carbocycles. The molecular weight excluding hydrogens is 536 g/mol. The standard InChI is InChI=1S/C34H32N8O/c35-39-37-21-19-33-27-15-7-9-17-29(27)41(23-25-11-3-1-4-12-25)31(33)43-32-34(33,20-22-38-40-36)28-16-8-10-18-30(28)42(32)24-26-13-5-2-6-14-26/h1-18,31-32H,19-24H2/t31-,32+,33-,34+. The van der Waals surface area contributed by atoms with Gasteiger partial charge in [-0.25, -0.2) is 0 Å². The fourth-order valence-electron chi connectivity index (χ4n) is 8.08. The summed E-state index contributed by atoms with van der Waals surface area (Å²) >= 11 is 0. The summed E-state index contributed by atoms with van der Waals surface area (Å²) in [5.41, 5.74) is 24.6. The lowest BCUT2D eigenvalue weighted by molar-refractivity contribution is 0.0228. The van der Waals surface area contributed by atoms with Crippen LogP contribution in [0, 0.1) is 0 Å². The van der Waals surface area contributed by atoms with Crippen LogP contribution in [0.1, 0.15) is 35.1 Å². The van der Waals surface area contributed by atoms with E-state index in [1.54, 1.807) is 0 Å². The van der Waals surface area contributed by atoms with Crippen LogP contribution in [-0.4, -0.2) is 25.5 Å². The Balaban J connectivity index is 1.47. The number of para-hydroxylation sites is 2. The Morgan fingerprint density at radius 1 is 0.581 bits per heavy atom. The number of hydrogen-bond donors (Lipinski definition) is 0. The summed E-state index contributed by atoms with van der Waals surface area (Å²) in [5, 5.41) is 8.14. The normalized spacial score (nSPS) is 24.4. The van der Waals surface area contributed by atoms with Gasteiger partial charge < -0.3 is 14.5 Å². The van der Waals surface area contributed by atoms with E-state index >= 15 is 0 Å². The quantitative estimate of drug-likeness (QED) is 0.110. The van der Waals surface area contributed by atoms with Crippen molar-refractivity contribution in [2.45, 2.75) is 49.2 Å². The molecule has 0 unspecified atom stereocenters. The molecule has 4 aromatic rings. The second-order valence-corrected chi connectivity index (χ2v) is 11.5. The second-order valence-electron chi connectivity index (χ2n) is 11.5. The first-order valence-electron chi connectivity index (χ1n) is 14.7. The van der Waals surface area contributed by atoms with Gasteiger partial charge in [-0.2, -0.15) is 0 Å². The van der Waals surface area contributed by atoms with E-state index < -0.39 is 10.8 Å². The Morgan fingerprint density at radius 2 is 0.977 bits per heavy atom. The Bertz CT molecular complexity index is 1590. The molecule has 0 bridgehead atoms. The molecule has 9 heteroatoms. The van der Waals surface area contributed by atoms with Crippen LogP contribution in [-0.2, 0) is 28.7 Å². The van der Waals surface area contributed by atoms with Gasteiger partial charge in [0.2, 0.25) is 0 Å². The van der Waals surface area contributed by atoms with Gasteiger partial charge in [0.15, 0.2) is 0 Å². The lowest BCUT2D eigenvalue weighted by atomic mass is 9.55. The molecule has 3 heterocycles. The SMILES string of the molecule is [N-]=[N+]=NCC[C@]12c3ccccc3N(Cc3ccccc3)[C@H]1O[C@H]1N(Cc3ccccc3)c3ccccc3[C@]12CCN=[N+]=[N-]. The molecule has 3 aliphatic heterocycles. The van der Waals surface area contributed by atoms with Gasteiger partial charge in [-0.15, -0.1) is 0 Å². The topological polar surface area (TPSA) is 113 Å². The summed E-state index contributed by atoms with van der Waals surface area (Å²) in [7, 11) is 0. The lowest BCUT2D eigenvalue weighted by Gasteiger charge is -2.45. The first-order valence-corrected chi connectivity index (χ1v) is 14.7. The molecule has 1 saturated heterocycles. The van der Waals surface area contributed by atoms with E-state index in [9.17, 15) is 11.1 Å². The van der Waals surface area contributed by atoms with Crippen molar-refractivity contribution >= 4 is 11.4 Å². The molecule has 214 valence electrons. The zero-order valence-electron chi connectivity index (χ0n) is 23.8. The van der Waals surface area contributed by atoms with E-state index in [-0.39, 0.29) is 12.5 Å². The molecule has 43 heavy (non-hydrogen) atoms. The molecule has 3 aliphatic rings. The van der Waals surface area contributed by atoms with Gasteiger partial charge in [0.25, 0.3) is 0 Å². The largest absolute Gasteiger partial charge is 0.341 e. The number of rotatable bonds is 10. The minimum Gasteiger partial charge on any atom is -0.341 e. The highest BCUT2D eigenvalue weighted by atomic mass is 16.5. The molecule has 0 aromatic heterocycles. The van der Waals surface area contributed by atoms with Crippen molar-refractivity contribution in [2.24, 2.45) is 10.2 Å². The minimum absolute atomic E-state index is 0.320. The molecule has 1 fully saturated rings. The molecule has 4 atom stereocenters. The zero-order valence-corrected chi connectivity index (χ0v) is 23.8. The molecule has 0 N–H and O–H groups in total. The summed E-state index contributed by atoms with van der Waals surface area (Å²) in [6, 6.07) is 38.0. The third-order valence-electron chi connectivity index (χ3n) is 9.58. The maximum absolute atomic E-state index is 9.36. The highest BCUT2D eigenvalue weighted by Crippen LogP contribution is 2.69. The number of azide groups is 2. The Hall–Kier alpha value is -4.94. The highest BCUT2D eigenvalue weighted by molar-refractivity contribution is 5.74. The van der Waals surface area contributed by atoms with Crippen molar-refractivity contribution in [1.82, 2.24) is 0 Å². The van der Waals surface area contributed by atoms with Gasteiger partial charge >= 0.3 is 0 Å². The fraction of sp³-hybridized carbons (Fsp3) is 0.294. The Kier molecular flexibility index (Phi) is 6.92. The first kappa shape index (κ1) is 26.9. The summed E-state index contributed by atoms with van der Waals surface area (Å²) in [4.78, 5) is 11.1. The van der Waals surface area contributed by atoms with E-state index in [2.05, 4.69) is 127 Å². The molecule has 0 saturated carbocycles. The number of anilines is 2. The third kappa shape index (κ3) is 4.05. The Labute approximate surface area is 250 Å². The summed E-state index contributed by atoms with van der Waals surface area (Å²) in [6.45, 7) is 1.98. The number of ether oxygens (including phenoxy) is 1. The molecular formula is C34H32N8O. The predicted molar refractivity (Wildman–Crippen MR) is 167 cm³/mol. The van der Waals surface area contributed by atoms with E-state index in [0.29, 0.717) is 39.0 Å². The summed E-state index contributed by atoms with van der Waals surface area (Å²) in [6.07, 6.45) is 0.512. The van der Waals surface area contributed by atoms with Crippen molar-refractivity contribution in [1.29, 1.82) is 0 Å². The van der Waals surface area contributed by atoms with E-state index in [1.807, 2.05) is 12.1 Å². The van der Waals surface area contributed by atoms with Crippen LogP contribution in [0.3, 0.4) is 0 Å². The maximum atomic E-state index is 9.36. The van der Waals surface area contributed by atoms with Crippen molar-refractivity contribution < 1.29 is 4.74 Å². The van der Waals surface area contributed by atoms with Crippen molar-refractivity contribution in [2.75, 3.05) is 22.9 Å². The molecule has 0 aliphatic carbocycles. The molecule has 9 nitrogen and oxygen atoms in total. The van der Waals surface area contributed by atoms with E-state index in [4.69, 9.17) is 4.74 Å². The average molecular weight is 569 g/mol. The fourth-order valence-corrected chi connectivity index (χ4v) is 8.08. The highest BCUT2D eigenvalue weighted by Gasteiger charge is 2.75. The van der Waals surface area contributed by atoms with Crippen LogP contribution < -0.4 is 9.80 Å². The van der Waals surface area contributed by atoms with Gasteiger partial charge in [-0.3, -0.25) is 0 Å². The van der Waals surface area contributed by atoms with Gasteiger partial charge in [-0.1, -0.05) is 107 Å². The summed E-state index contributed by atoms with van der Waals surface area (Å²) < 4.78 is 7.39. The molecule has 7 rings (SSSR count). The van der Waals surface area contributed by atoms with Gasteiger partial charge in [0, 0.05) is 47.4 Å². The van der Waals surface area contributed by atoms with Crippen molar-refractivity contribution in [3.8, 4) is 0 Å². The first-order chi connectivity index (χ1) is 21.2. The van der Waals surface area contributed by atoms with Crippen LogP contribution in [0.25, 0.3) is 20.9 Å². The number of nitrogens with zero attached hydrogens (tertiary/aromatic N) is 8. The van der Waals surface area contributed by atoms with Crippen LogP contribution in [0.2, 0.25) is 0 Å². The zero-order chi connectivity index (χ0) is 29.3. The van der Waals surface area contributed by atoms with Crippen LogP contribution in [0.5, 0.6) is 0 Å². The molecule has 0 spiro atoms. The predicted octanol–water partition coefficient (Wildman–Crippen LogP) is 7.99. The van der Waals surface area contributed by atoms with Gasteiger partial charge in [-0.05, 0) is 58.3 Å². The van der Waals surface area contributed by atoms with Crippen molar-refractivity contribution in [3.05, 3.63) is 152 Å². The van der Waals surface area contributed by atoms with Crippen LogP contribution in [0.15, 0.2) is 119 Å².